The Balaban J connectivity index is 1.62. The van der Waals surface area contributed by atoms with Crippen LogP contribution >= 0.6 is 11.3 Å². The molecule has 0 fully saturated rings. The monoisotopic (exact) mass is 440 g/mol. The van der Waals surface area contributed by atoms with Crippen molar-refractivity contribution in [3.05, 3.63) is 75.2 Å². The first kappa shape index (κ1) is 21.9. The van der Waals surface area contributed by atoms with Crippen molar-refractivity contribution >= 4 is 34.0 Å². The molecular weight excluding hydrogens is 420 g/mol. The molecule has 3 rings (SSSR count). The minimum absolute atomic E-state index is 0.0208. The van der Waals surface area contributed by atoms with Gasteiger partial charge in [0.2, 0.25) is 0 Å². The number of thiazole rings is 1. The standard InChI is InChI=1S/C21H20N4O5S/c1-24(12-14-5-7-15(8-6-14)20(28)22-10-9-19(26)27)21-23-18(13-31-21)16-3-2-4-17(11-16)25(29)30/h2-8,11,13H,9-10,12H2,1H3,(H,22,28)(H,26,27). The molecule has 2 aromatic carbocycles. The van der Waals surface area contributed by atoms with Crippen molar-refractivity contribution in [2.45, 2.75) is 13.0 Å². The van der Waals surface area contributed by atoms with Crippen molar-refractivity contribution in [1.29, 1.82) is 0 Å². The number of rotatable bonds is 9. The molecule has 1 aromatic heterocycles. The Hall–Kier alpha value is -3.79. The molecule has 0 saturated carbocycles. The van der Waals surface area contributed by atoms with E-state index in [-0.39, 0.29) is 24.6 Å². The highest BCUT2D eigenvalue weighted by molar-refractivity contribution is 7.14. The summed E-state index contributed by atoms with van der Waals surface area (Å²) in [7, 11) is 1.89. The average molecular weight is 440 g/mol. The van der Waals surface area contributed by atoms with Gasteiger partial charge in [-0.15, -0.1) is 11.3 Å². The van der Waals surface area contributed by atoms with Gasteiger partial charge in [-0.25, -0.2) is 4.98 Å². The lowest BCUT2D eigenvalue weighted by molar-refractivity contribution is -0.384. The maximum absolute atomic E-state index is 12.0. The number of hydrogen-bond acceptors (Lipinski definition) is 7. The number of benzene rings is 2. The Kier molecular flexibility index (Phi) is 6.93. The van der Waals surface area contributed by atoms with Crippen molar-refractivity contribution in [3.63, 3.8) is 0 Å². The topological polar surface area (TPSA) is 126 Å². The molecule has 0 bridgehead atoms. The highest BCUT2D eigenvalue weighted by Gasteiger charge is 2.13. The van der Waals surface area contributed by atoms with Gasteiger partial charge in [0.25, 0.3) is 11.6 Å². The molecule has 0 unspecified atom stereocenters. The molecule has 0 aliphatic heterocycles. The second-order valence-corrected chi connectivity index (χ2v) is 7.61. The molecule has 0 radical (unpaired) electrons. The van der Waals surface area contributed by atoms with Crippen LogP contribution in [0.15, 0.2) is 53.9 Å². The molecule has 0 spiro atoms. The summed E-state index contributed by atoms with van der Waals surface area (Å²) < 4.78 is 0. The number of nitro groups is 1. The number of aliphatic carboxylic acids is 1. The van der Waals surface area contributed by atoms with Crippen molar-refractivity contribution in [2.24, 2.45) is 0 Å². The van der Waals surface area contributed by atoms with E-state index in [4.69, 9.17) is 5.11 Å². The Morgan fingerprint density at radius 2 is 1.97 bits per heavy atom. The molecule has 10 heteroatoms. The van der Waals surface area contributed by atoms with Gasteiger partial charge in [0.15, 0.2) is 5.13 Å². The number of carbonyl (C=O) groups excluding carboxylic acids is 1. The van der Waals surface area contributed by atoms with Crippen molar-refractivity contribution in [3.8, 4) is 11.3 Å². The predicted octanol–water partition coefficient (Wildman–Crippen LogP) is 3.56. The van der Waals surface area contributed by atoms with Crippen molar-refractivity contribution < 1.29 is 19.6 Å². The zero-order valence-electron chi connectivity index (χ0n) is 16.6. The van der Waals surface area contributed by atoms with Gasteiger partial charge in [-0.1, -0.05) is 24.3 Å². The van der Waals surface area contributed by atoms with Crippen LogP contribution in [0.4, 0.5) is 10.8 Å². The van der Waals surface area contributed by atoms with Crippen LogP contribution in [0.2, 0.25) is 0 Å². The molecule has 0 aliphatic rings. The third-order valence-electron chi connectivity index (χ3n) is 4.43. The molecule has 9 nitrogen and oxygen atoms in total. The average Bonchev–Trinajstić information content (AvgIpc) is 3.24. The number of nitrogens with one attached hydrogen (secondary N) is 1. The van der Waals surface area contributed by atoms with Crippen molar-refractivity contribution in [1.82, 2.24) is 10.3 Å². The Labute approximate surface area is 182 Å². The van der Waals surface area contributed by atoms with E-state index in [1.807, 2.05) is 29.5 Å². The first-order valence-corrected chi connectivity index (χ1v) is 10.2. The zero-order chi connectivity index (χ0) is 22.4. The molecule has 160 valence electrons. The van der Waals surface area contributed by atoms with Gasteiger partial charge in [0.05, 0.1) is 17.0 Å². The molecule has 31 heavy (non-hydrogen) atoms. The van der Waals surface area contributed by atoms with Gasteiger partial charge in [-0.05, 0) is 17.7 Å². The summed E-state index contributed by atoms with van der Waals surface area (Å²) in [4.78, 5) is 39.6. The summed E-state index contributed by atoms with van der Waals surface area (Å²) in [6, 6.07) is 13.4. The Morgan fingerprint density at radius 1 is 1.23 bits per heavy atom. The van der Waals surface area contributed by atoms with Crippen LogP contribution in [-0.4, -0.2) is 40.5 Å². The minimum Gasteiger partial charge on any atom is -0.481 e. The molecule has 0 aliphatic carbocycles. The summed E-state index contributed by atoms with van der Waals surface area (Å²) in [5.41, 5.74) is 2.80. The number of carbonyl (C=O) groups is 2. The Morgan fingerprint density at radius 3 is 2.65 bits per heavy atom. The Bertz CT molecular complexity index is 1100. The number of non-ortho nitro benzene ring substituents is 1. The van der Waals surface area contributed by atoms with Crippen LogP contribution in [0, 0.1) is 10.1 Å². The predicted molar refractivity (Wildman–Crippen MR) is 117 cm³/mol. The number of anilines is 1. The van der Waals surface area contributed by atoms with Crippen LogP contribution in [0.5, 0.6) is 0 Å². The number of nitro benzene ring substituents is 1. The maximum atomic E-state index is 12.0. The first-order valence-electron chi connectivity index (χ1n) is 9.34. The van der Waals surface area contributed by atoms with E-state index in [9.17, 15) is 19.7 Å². The summed E-state index contributed by atoms with van der Waals surface area (Å²) in [6.45, 7) is 0.637. The third-order valence-corrected chi connectivity index (χ3v) is 5.39. The number of carboxylic acids is 1. The van der Waals surface area contributed by atoms with E-state index in [0.29, 0.717) is 23.4 Å². The lowest BCUT2D eigenvalue weighted by Crippen LogP contribution is -2.26. The second-order valence-electron chi connectivity index (χ2n) is 6.78. The number of nitrogens with zero attached hydrogens (tertiary/aromatic N) is 3. The van der Waals surface area contributed by atoms with Gasteiger partial charge in [0.1, 0.15) is 0 Å². The molecular formula is C21H20N4O5S. The molecule has 2 N–H and O–H groups in total. The molecule has 1 heterocycles. The summed E-state index contributed by atoms with van der Waals surface area (Å²) >= 11 is 1.44. The van der Waals surface area contributed by atoms with Crippen LogP contribution in [-0.2, 0) is 11.3 Å². The number of carboxylic acid groups (broad SMARTS) is 1. The summed E-state index contributed by atoms with van der Waals surface area (Å²) in [5, 5.41) is 24.8. The third kappa shape index (κ3) is 5.86. The lowest BCUT2D eigenvalue weighted by Gasteiger charge is -2.16. The number of hydrogen-bond donors (Lipinski definition) is 2. The van der Waals surface area contributed by atoms with Crippen LogP contribution in [0.1, 0.15) is 22.3 Å². The normalized spacial score (nSPS) is 10.5. The molecule has 1 amide bonds. The SMILES string of the molecule is CN(Cc1ccc(C(=O)NCCC(=O)O)cc1)c1nc(-c2cccc([N+](=O)[O-])c2)cs1. The van der Waals surface area contributed by atoms with Crippen molar-refractivity contribution in [2.75, 3.05) is 18.5 Å². The number of amides is 1. The summed E-state index contributed by atoms with van der Waals surface area (Å²) in [6.07, 6.45) is -0.124. The fourth-order valence-corrected chi connectivity index (χ4v) is 3.64. The highest BCUT2D eigenvalue weighted by Crippen LogP contribution is 2.29. The first-order chi connectivity index (χ1) is 14.8. The van der Waals surface area contributed by atoms with Gasteiger partial charge >= 0.3 is 5.97 Å². The van der Waals surface area contributed by atoms with Crippen LogP contribution < -0.4 is 10.2 Å². The molecule has 3 aromatic rings. The van der Waals surface area contributed by atoms with E-state index >= 15 is 0 Å². The fourth-order valence-electron chi connectivity index (χ4n) is 2.84. The van der Waals surface area contributed by atoms with E-state index in [0.717, 1.165) is 10.7 Å². The quantitative estimate of drug-likeness (QED) is 0.385. The fraction of sp³-hybridized carbons (Fsp3) is 0.190. The van der Waals surface area contributed by atoms with Crippen LogP contribution in [0.3, 0.4) is 0 Å². The minimum atomic E-state index is -0.963. The van der Waals surface area contributed by atoms with Gasteiger partial charge in [0, 0.05) is 48.8 Å². The van der Waals surface area contributed by atoms with E-state index in [1.165, 1.54) is 23.5 Å². The molecule has 0 saturated heterocycles. The smallest absolute Gasteiger partial charge is 0.305 e. The maximum Gasteiger partial charge on any atom is 0.305 e. The summed E-state index contributed by atoms with van der Waals surface area (Å²) in [5.74, 6) is -1.28. The van der Waals surface area contributed by atoms with E-state index in [2.05, 4.69) is 10.3 Å². The van der Waals surface area contributed by atoms with Gasteiger partial charge in [-0.3, -0.25) is 19.7 Å². The van der Waals surface area contributed by atoms with E-state index < -0.39 is 10.9 Å². The van der Waals surface area contributed by atoms with Gasteiger partial charge in [-0.2, -0.15) is 0 Å². The van der Waals surface area contributed by atoms with E-state index in [1.54, 1.807) is 24.3 Å². The second kappa shape index (κ2) is 9.81. The van der Waals surface area contributed by atoms with Gasteiger partial charge < -0.3 is 15.3 Å². The number of aromatic nitrogens is 1. The zero-order valence-corrected chi connectivity index (χ0v) is 17.5. The van der Waals surface area contributed by atoms with Crippen LogP contribution in [0.25, 0.3) is 11.3 Å². The highest BCUT2D eigenvalue weighted by atomic mass is 32.1. The lowest BCUT2D eigenvalue weighted by atomic mass is 10.1. The largest absolute Gasteiger partial charge is 0.481 e. The molecule has 0 atom stereocenters.